The van der Waals surface area contributed by atoms with Gasteiger partial charge >= 0.3 is 0 Å². The van der Waals surface area contributed by atoms with Crippen LogP contribution in [0, 0.1) is 19.3 Å². The Kier molecular flexibility index (Phi) is 4.39. The van der Waals surface area contributed by atoms with E-state index in [0.29, 0.717) is 17.0 Å². The number of halogens is 1. The van der Waals surface area contributed by atoms with Gasteiger partial charge in [-0.15, -0.1) is 12.3 Å². The van der Waals surface area contributed by atoms with Crippen LogP contribution in [-0.4, -0.2) is 11.9 Å². The van der Waals surface area contributed by atoms with Gasteiger partial charge < -0.3 is 5.32 Å². The van der Waals surface area contributed by atoms with E-state index in [1.54, 1.807) is 6.07 Å². The molecular weight excluding hydrogens is 222 g/mol. The van der Waals surface area contributed by atoms with Crippen molar-refractivity contribution in [2.45, 2.75) is 26.3 Å². The van der Waals surface area contributed by atoms with Gasteiger partial charge in [0.2, 0.25) is 0 Å². The first-order valence-electron chi connectivity index (χ1n) is 5.05. The molecular formula is C13H14ClNO. The molecule has 0 heterocycles. The number of nitrogens with one attached hydrogen (secondary N) is 1. The van der Waals surface area contributed by atoms with Gasteiger partial charge in [0.1, 0.15) is 0 Å². The van der Waals surface area contributed by atoms with Crippen molar-refractivity contribution in [1.82, 2.24) is 5.32 Å². The highest BCUT2D eigenvalue weighted by Crippen LogP contribution is 2.20. The molecule has 0 fully saturated rings. The maximum atomic E-state index is 11.8. The number of aryl methyl sites for hydroxylation is 1. The van der Waals surface area contributed by atoms with Crippen LogP contribution < -0.4 is 5.32 Å². The van der Waals surface area contributed by atoms with Crippen molar-refractivity contribution < 1.29 is 4.79 Å². The number of amides is 1. The van der Waals surface area contributed by atoms with Crippen LogP contribution in [0.3, 0.4) is 0 Å². The van der Waals surface area contributed by atoms with Gasteiger partial charge in [-0.2, -0.15) is 0 Å². The highest BCUT2D eigenvalue weighted by Gasteiger charge is 2.13. The van der Waals surface area contributed by atoms with Gasteiger partial charge in [0.15, 0.2) is 0 Å². The molecule has 0 spiro atoms. The summed E-state index contributed by atoms with van der Waals surface area (Å²) in [5.74, 6) is 2.32. The lowest BCUT2D eigenvalue weighted by Crippen LogP contribution is -2.32. The van der Waals surface area contributed by atoms with E-state index in [0.717, 1.165) is 5.56 Å². The van der Waals surface area contributed by atoms with Gasteiger partial charge in [-0.1, -0.05) is 23.7 Å². The summed E-state index contributed by atoms with van der Waals surface area (Å²) < 4.78 is 0. The Labute approximate surface area is 101 Å². The third-order valence-electron chi connectivity index (χ3n) is 2.24. The summed E-state index contributed by atoms with van der Waals surface area (Å²) in [5, 5.41) is 3.29. The summed E-state index contributed by atoms with van der Waals surface area (Å²) in [7, 11) is 0. The van der Waals surface area contributed by atoms with Crippen LogP contribution in [0.15, 0.2) is 18.2 Å². The van der Waals surface area contributed by atoms with Crippen molar-refractivity contribution in [1.29, 1.82) is 0 Å². The van der Waals surface area contributed by atoms with Gasteiger partial charge in [-0.05, 0) is 25.5 Å². The van der Waals surface area contributed by atoms with Crippen molar-refractivity contribution in [2.75, 3.05) is 0 Å². The van der Waals surface area contributed by atoms with Crippen molar-refractivity contribution in [2.24, 2.45) is 0 Å². The van der Waals surface area contributed by atoms with Crippen LogP contribution in [0.25, 0.3) is 0 Å². The maximum Gasteiger partial charge on any atom is 0.253 e. The van der Waals surface area contributed by atoms with E-state index >= 15 is 0 Å². The fourth-order valence-electron chi connectivity index (χ4n) is 1.35. The molecule has 1 unspecified atom stereocenters. The average Bonchev–Trinajstić information content (AvgIpc) is 2.22. The summed E-state index contributed by atoms with van der Waals surface area (Å²) in [6.45, 7) is 3.73. The second-order valence-corrected chi connectivity index (χ2v) is 4.10. The highest BCUT2D eigenvalue weighted by atomic mass is 35.5. The molecule has 2 nitrogen and oxygen atoms in total. The van der Waals surface area contributed by atoms with Crippen LogP contribution in [0.5, 0.6) is 0 Å². The topological polar surface area (TPSA) is 29.1 Å². The van der Waals surface area contributed by atoms with E-state index < -0.39 is 0 Å². The molecule has 1 rings (SSSR count). The van der Waals surface area contributed by atoms with Crippen molar-refractivity contribution >= 4 is 17.5 Å². The molecule has 1 N–H and O–H groups in total. The van der Waals surface area contributed by atoms with Crippen LogP contribution in [-0.2, 0) is 0 Å². The number of benzene rings is 1. The van der Waals surface area contributed by atoms with Crippen molar-refractivity contribution in [3.63, 3.8) is 0 Å². The van der Waals surface area contributed by atoms with Crippen LogP contribution in [0.1, 0.15) is 29.3 Å². The molecule has 1 aromatic carbocycles. The first kappa shape index (κ1) is 12.6. The molecule has 0 saturated carbocycles. The van der Waals surface area contributed by atoms with Gasteiger partial charge in [0.25, 0.3) is 5.91 Å². The van der Waals surface area contributed by atoms with Crippen LogP contribution in [0.2, 0.25) is 5.02 Å². The highest BCUT2D eigenvalue weighted by molar-refractivity contribution is 6.34. The SMILES string of the molecule is C#CCC(C)NC(=O)c1cccc(C)c1Cl. The Balaban J connectivity index is 2.82. The fourth-order valence-corrected chi connectivity index (χ4v) is 1.56. The zero-order chi connectivity index (χ0) is 12.1. The monoisotopic (exact) mass is 235 g/mol. The minimum Gasteiger partial charge on any atom is -0.349 e. The lowest BCUT2D eigenvalue weighted by molar-refractivity contribution is 0.0941. The summed E-state index contributed by atoms with van der Waals surface area (Å²) in [6, 6.07) is 5.33. The van der Waals surface area contributed by atoms with Crippen molar-refractivity contribution in [3.8, 4) is 12.3 Å². The predicted octanol–water partition coefficient (Wildman–Crippen LogP) is 2.79. The fraction of sp³-hybridized carbons (Fsp3) is 0.308. The Hall–Kier alpha value is -1.46. The average molecular weight is 236 g/mol. The molecule has 1 amide bonds. The van der Waals surface area contributed by atoms with E-state index in [4.69, 9.17) is 18.0 Å². The first-order chi connectivity index (χ1) is 7.56. The molecule has 84 valence electrons. The van der Waals surface area contributed by atoms with E-state index in [2.05, 4.69) is 11.2 Å². The van der Waals surface area contributed by atoms with Gasteiger partial charge in [-0.25, -0.2) is 0 Å². The number of terminal acetylenes is 1. The molecule has 0 aliphatic rings. The molecule has 1 atom stereocenters. The van der Waals surface area contributed by atoms with Crippen LogP contribution in [0.4, 0.5) is 0 Å². The third-order valence-corrected chi connectivity index (χ3v) is 2.74. The smallest absolute Gasteiger partial charge is 0.253 e. The Bertz CT molecular complexity index is 434. The normalized spacial score (nSPS) is 11.6. The number of hydrogen-bond donors (Lipinski definition) is 1. The van der Waals surface area contributed by atoms with Gasteiger partial charge in [0.05, 0.1) is 10.6 Å². The molecule has 0 aliphatic heterocycles. The Morgan fingerprint density at radius 2 is 2.31 bits per heavy atom. The van der Waals surface area contributed by atoms with Gasteiger partial charge in [0, 0.05) is 12.5 Å². The molecule has 1 aromatic rings. The largest absolute Gasteiger partial charge is 0.349 e. The zero-order valence-corrected chi connectivity index (χ0v) is 10.1. The van der Waals surface area contributed by atoms with Crippen molar-refractivity contribution in [3.05, 3.63) is 34.3 Å². The molecule has 0 saturated heterocycles. The second-order valence-electron chi connectivity index (χ2n) is 3.72. The Morgan fingerprint density at radius 1 is 1.62 bits per heavy atom. The summed E-state index contributed by atoms with van der Waals surface area (Å²) in [5.41, 5.74) is 1.38. The number of carbonyl (C=O) groups excluding carboxylic acids is 1. The summed E-state index contributed by atoms with van der Waals surface area (Å²) >= 11 is 6.05. The number of rotatable bonds is 3. The summed E-state index contributed by atoms with van der Waals surface area (Å²) in [6.07, 6.45) is 5.68. The predicted molar refractivity (Wildman–Crippen MR) is 66.6 cm³/mol. The zero-order valence-electron chi connectivity index (χ0n) is 9.38. The quantitative estimate of drug-likeness (QED) is 0.802. The first-order valence-corrected chi connectivity index (χ1v) is 5.43. The van der Waals surface area contributed by atoms with E-state index in [1.165, 1.54) is 0 Å². The number of hydrogen-bond acceptors (Lipinski definition) is 1. The Morgan fingerprint density at radius 3 is 2.94 bits per heavy atom. The molecule has 0 bridgehead atoms. The second kappa shape index (κ2) is 5.58. The lowest BCUT2D eigenvalue weighted by Gasteiger charge is -2.12. The minimum atomic E-state index is -0.184. The number of carbonyl (C=O) groups is 1. The maximum absolute atomic E-state index is 11.8. The van der Waals surface area contributed by atoms with E-state index in [1.807, 2.05) is 26.0 Å². The molecule has 3 heteroatoms. The van der Waals surface area contributed by atoms with E-state index in [9.17, 15) is 4.79 Å². The standard InChI is InChI=1S/C13H14ClNO/c1-4-6-10(3)15-13(16)11-8-5-7-9(2)12(11)14/h1,5,7-8,10H,6H2,2-3H3,(H,15,16). The minimum absolute atomic E-state index is 0.0471. The molecule has 0 aromatic heterocycles. The lowest BCUT2D eigenvalue weighted by atomic mass is 10.1. The van der Waals surface area contributed by atoms with Gasteiger partial charge in [-0.3, -0.25) is 4.79 Å². The third kappa shape index (κ3) is 3.01. The van der Waals surface area contributed by atoms with Crippen LogP contribution >= 0.6 is 11.6 Å². The van der Waals surface area contributed by atoms with E-state index in [-0.39, 0.29) is 11.9 Å². The molecule has 16 heavy (non-hydrogen) atoms. The summed E-state index contributed by atoms with van der Waals surface area (Å²) in [4.78, 5) is 11.8. The molecule has 0 radical (unpaired) electrons. The molecule has 0 aliphatic carbocycles.